The van der Waals surface area contributed by atoms with Crippen LogP contribution in [0.5, 0.6) is 0 Å². The van der Waals surface area contributed by atoms with Gasteiger partial charge in [0.15, 0.2) is 11.7 Å². The minimum Gasteiger partial charge on any atom is -0.359 e. The van der Waals surface area contributed by atoms with Gasteiger partial charge in [0, 0.05) is 45.5 Å². The van der Waals surface area contributed by atoms with E-state index in [-0.39, 0.29) is 24.0 Å². The van der Waals surface area contributed by atoms with Crippen LogP contribution in [0.1, 0.15) is 36.8 Å². The first-order chi connectivity index (χ1) is 10.5. The summed E-state index contributed by atoms with van der Waals surface area (Å²) in [5.41, 5.74) is 2.10. The third kappa shape index (κ3) is 5.52. The van der Waals surface area contributed by atoms with E-state index in [1.165, 1.54) is 0 Å². The van der Waals surface area contributed by atoms with Crippen molar-refractivity contribution in [3.63, 3.8) is 0 Å². The molecule has 2 aromatic rings. The topological polar surface area (TPSA) is 71.5 Å². The molecule has 1 N–H and O–H groups in total. The summed E-state index contributed by atoms with van der Waals surface area (Å²) in [4.78, 5) is 6.33. The maximum Gasteiger partial charge on any atom is 0.194 e. The highest BCUT2D eigenvalue weighted by atomic mass is 127. The van der Waals surface area contributed by atoms with E-state index in [0.717, 1.165) is 29.5 Å². The molecule has 0 aliphatic carbocycles. The van der Waals surface area contributed by atoms with Gasteiger partial charge in [0.1, 0.15) is 0 Å². The van der Waals surface area contributed by atoms with Crippen LogP contribution in [0.25, 0.3) is 0 Å². The molecule has 0 spiro atoms. The molecule has 0 atom stereocenters. The molecule has 0 aliphatic rings. The molecule has 0 saturated heterocycles. The van der Waals surface area contributed by atoms with Crippen LogP contribution in [-0.4, -0.2) is 39.9 Å². The zero-order valence-electron chi connectivity index (χ0n) is 14.3. The van der Waals surface area contributed by atoms with Crippen LogP contribution in [-0.2, 0) is 20.1 Å². The molecule has 8 heteroatoms. The lowest BCUT2D eigenvalue weighted by atomic mass is 10.1. The molecule has 0 amide bonds. The van der Waals surface area contributed by atoms with E-state index in [9.17, 15) is 0 Å². The summed E-state index contributed by atoms with van der Waals surface area (Å²) in [5.74, 6) is 1.97. The fraction of sp³-hybridized carbons (Fsp3) is 0.533. The van der Waals surface area contributed by atoms with Crippen molar-refractivity contribution in [2.75, 3.05) is 14.1 Å². The van der Waals surface area contributed by atoms with Gasteiger partial charge in [-0.25, -0.2) is 0 Å². The van der Waals surface area contributed by atoms with E-state index < -0.39 is 0 Å². The highest BCUT2D eigenvalue weighted by molar-refractivity contribution is 14.0. The Bertz CT molecular complexity index is 633. The fourth-order valence-electron chi connectivity index (χ4n) is 2.14. The zero-order chi connectivity index (χ0) is 16.1. The van der Waals surface area contributed by atoms with Gasteiger partial charge in [0.2, 0.25) is 0 Å². The Kier molecular flexibility index (Phi) is 7.53. The monoisotopic (exact) mass is 432 g/mol. The maximum atomic E-state index is 5.32. The number of guanidine groups is 1. The van der Waals surface area contributed by atoms with Crippen molar-refractivity contribution in [3.05, 3.63) is 35.5 Å². The van der Waals surface area contributed by atoms with Crippen LogP contribution < -0.4 is 5.32 Å². The first-order valence-corrected chi connectivity index (χ1v) is 7.34. The molecule has 2 heterocycles. The molecule has 0 fully saturated rings. The molecule has 0 unspecified atom stereocenters. The largest absolute Gasteiger partial charge is 0.359 e. The van der Waals surface area contributed by atoms with Gasteiger partial charge in [0.05, 0.1) is 18.4 Å². The van der Waals surface area contributed by atoms with E-state index >= 15 is 0 Å². The number of aliphatic imine (C=N–C) groups is 1. The van der Waals surface area contributed by atoms with E-state index in [2.05, 4.69) is 34.4 Å². The summed E-state index contributed by atoms with van der Waals surface area (Å²) < 4.78 is 7.12. The van der Waals surface area contributed by atoms with Gasteiger partial charge in [-0.15, -0.1) is 24.0 Å². The summed E-state index contributed by atoms with van der Waals surface area (Å²) in [6.07, 6.45) is 3.85. The van der Waals surface area contributed by atoms with E-state index in [1.807, 2.05) is 37.5 Å². The maximum absolute atomic E-state index is 5.32. The van der Waals surface area contributed by atoms with Crippen molar-refractivity contribution in [3.8, 4) is 0 Å². The summed E-state index contributed by atoms with van der Waals surface area (Å²) >= 11 is 0. The molecule has 0 bridgehead atoms. The van der Waals surface area contributed by atoms with E-state index in [4.69, 9.17) is 4.52 Å². The van der Waals surface area contributed by atoms with Crippen LogP contribution in [0.2, 0.25) is 0 Å². The lowest BCUT2D eigenvalue weighted by molar-refractivity contribution is 0.369. The predicted octanol–water partition coefficient (Wildman–Crippen LogP) is 2.36. The van der Waals surface area contributed by atoms with E-state index in [1.54, 1.807) is 11.7 Å². The summed E-state index contributed by atoms with van der Waals surface area (Å²) in [6, 6.07) is 1.98. The smallest absolute Gasteiger partial charge is 0.194 e. The normalized spacial score (nSPS) is 11.5. The molecule has 0 radical (unpaired) electrons. The third-order valence-electron chi connectivity index (χ3n) is 3.34. The van der Waals surface area contributed by atoms with E-state index in [0.29, 0.717) is 12.5 Å². The molecule has 0 saturated carbocycles. The third-order valence-corrected chi connectivity index (χ3v) is 3.34. The number of hydrogen-bond acceptors (Lipinski definition) is 4. The molecule has 7 nitrogen and oxygen atoms in total. The second kappa shape index (κ2) is 8.90. The molecule has 128 valence electrons. The number of aryl methyl sites for hydroxylation is 1. The van der Waals surface area contributed by atoms with Crippen LogP contribution >= 0.6 is 24.0 Å². The molecular weight excluding hydrogens is 407 g/mol. The zero-order valence-corrected chi connectivity index (χ0v) is 16.6. The second-order valence-corrected chi connectivity index (χ2v) is 5.65. The number of halogens is 1. The van der Waals surface area contributed by atoms with Crippen LogP contribution in [0, 0.1) is 0 Å². The van der Waals surface area contributed by atoms with Gasteiger partial charge in [-0.05, 0) is 5.92 Å². The average molecular weight is 432 g/mol. The van der Waals surface area contributed by atoms with Crippen molar-refractivity contribution in [2.45, 2.75) is 32.9 Å². The number of nitrogens with zero attached hydrogens (tertiary/aromatic N) is 5. The number of rotatable bonds is 5. The Morgan fingerprint density at radius 3 is 2.74 bits per heavy atom. The first kappa shape index (κ1) is 19.5. The van der Waals surface area contributed by atoms with Gasteiger partial charge >= 0.3 is 0 Å². The molecule has 2 rings (SSSR count). The van der Waals surface area contributed by atoms with Crippen LogP contribution in [0.3, 0.4) is 0 Å². The summed E-state index contributed by atoms with van der Waals surface area (Å²) in [7, 11) is 5.66. The second-order valence-electron chi connectivity index (χ2n) is 5.65. The Balaban J connectivity index is 0.00000264. The van der Waals surface area contributed by atoms with Crippen molar-refractivity contribution < 1.29 is 4.52 Å². The van der Waals surface area contributed by atoms with Crippen molar-refractivity contribution >= 4 is 29.9 Å². The lowest BCUT2D eigenvalue weighted by Gasteiger charge is -2.20. The molecule has 23 heavy (non-hydrogen) atoms. The summed E-state index contributed by atoms with van der Waals surface area (Å²) in [6.45, 7) is 5.48. The first-order valence-electron chi connectivity index (χ1n) is 7.34. The molecule has 2 aromatic heterocycles. The van der Waals surface area contributed by atoms with Crippen LogP contribution in [0.4, 0.5) is 0 Å². The minimum atomic E-state index is 0. The Hall–Kier alpha value is -1.58. The van der Waals surface area contributed by atoms with Gasteiger partial charge in [-0.1, -0.05) is 19.0 Å². The number of aromatic nitrogens is 3. The highest BCUT2D eigenvalue weighted by Gasteiger charge is 2.11. The van der Waals surface area contributed by atoms with Gasteiger partial charge in [-0.3, -0.25) is 9.67 Å². The van der Waals surface area contributed by atoms with Gasteiger partial charge < -0.3 is 14.7 Å². The van der Waals surface area contributed by atoms with Gasteiger partial charge in [-0.2, -0.15) is 5.10 Å². The quantitative estimate of drug-likeness (QED) is 0.446. The Labute approximate surface area is 154 Å². The SMILES string of the molecule is CN=C(NCc1cc(C(C)C)no1)N(C)Cc1cnn(C)c1.I. The Morgan fingerprint density at radius 2 is 2.22 bits per heavy atom. The molecule has 0 aliphatic heterocycles. The number of hydrogen-bond donors (Lipinski definition) is 1. The highest BCUT2D eigenvalue weighted by Crippen LogP contribution is 2.13. The Morgan fingerprint density at radius 1 is 1.48 bits per heavy atom. The summed E-state index contributed by atoms with van der Waals surface area (Å²) in [5, 5.41) is 11.5. The predicted molar refractivity (Wildman–Crippen MR) is 101 cm³/mol. The number of nitrogens with one attached hydrogen (secondary N) is 1. The molecular formula is C15H25IN6O. The van der Waals surface area contributed by atoms with Gasteiger partial charge in [0.25, 0.3) is 0 Å². The van der Waals surface area contributed by atoms with Crippen molar-refractivity contribution in [1.29, 1.82) is 0 Å². The fourth-order valence-corrected chi connectivity index (χ4v) is 2.14. The lowest BCUT2D eigenvalue weighted by Crippen LogP contribution is -2.37. The standard InChI is InChI=1S/C15H24N6O.HI/c1-11(2)14-6-13(22-19-14)8-17-15(16-3)20(4)9-12-7-18-21(5)10-12;/h6-7,10-11H,8-9H2,1-5H3,(H,16,17);1H. The average Bonchev–Trinajstić information content (AvgIpc) is 3.09. The minimum absolute atomic E-state index is 0. The van der Waals surface area contributed by atoms with Crippen molar-refractivity contribution in [2.24, 2.45) is 12.0 Å². The van der Waals surface area contributed by atoms with Crippen LogP contribution in [0.15, 0.2) is 28.0 Å². The molecule has 0 aromatic carbocycles. The van der Waals surface area contributed by atoms with Crippen molar-refractivity contribution in [1.82, 2.24) is 25.2 Å².